The van der Waals surface area contributed by atoms with E-state index < -0.39 is 18.8 Å². The van der Waals surface area contributed by atoms with Gasteiger partial charge in [-0.25, -0.2) is 4.79 Å². The van der Waals surface area contributed by atoms with E-state index in [0.29, 0.717) is 11.4 Å². The molecule has 0 unspecified atom stereocenters. The molecule has 0 bridgehead atoms. The maximum absolute atomic E-state index is 11.7. The molecule has 0 aliphatic rings. The second-order valence-corrected chi connectivity index (χ2v) is 3.71. The smallest absolute Gasteiger partial charge is 0.411 e. The van der Waals surface area contributed by atoms with Gasteiger partial charge in [0.05, 0.1) is 12.3 Å². The minimum absolute atomic E-state index is 0.275. The molecule has 1 aromatic carbocycles. The summed E-state index contributed by atoms with van der Waals surface area (Å²) in [5, 5.41) is 0. The van der Waals surface area contributed by atoms with Gasteiger partial charge in [-0.1, -0.05) is 12.1 Å². The lowest BCUT2D eigenvalue weighted by Gasteiger charge is -2.09. The van der Waals surface area contributed by atoms with E-state index in [1.54, 1.807) is 24.3 Å². The summed E-state index contributed by atoms with van der Waals surface area (Å²) in [6.07, 6.45) is -4.39. The van der Waals surface area contributed by atoms with Crippen LogP contribution >= 0.6 is 0 Å². The number of carbonyl (C=O) groups is 1. The maximum atomic E-state index is 11.7. The maximum Gasteiger partial charge on any atom is 0.411 e. The first-order valence-corrected chi connectivity index (χ1v) is 5.66. The fourth-order valence-electron chi connectivity index (χ4n) is 1.19. The number of carbonyl (C=O) groups excluding carboxylic acids is 1. The lowest BCUT2D eigenvalue weighted by molar-refractivity contribution is -0.177. The average molecular weight is 293 g/mol. The summed E-state index contributed by atoms with van der Waals surface area (Å²) >= 11 is 0. The molecule has 0 fully saturated rings. The SMILES string of the molecule is Nc1ccccc1OCC(=O)OCCOCC(F)(F)F. The van der Waals surface area contributed by atoms with Crippen molar-refractivity contribution in [3.05, 3.63) is 24.3 Å². The van der Waals surface area contributed by atoms with Crippen LogP contribution in [0.3, 0.4) is 0 Å². The lowest BCUT2D eigenvalue weighted by atomic mass is 10.3. The molecule has 0 aliphatic heterocycles. The van der Waals surface area contributed by atoms with Crippen LogP contribution in [0, 0.1) is 0 Å². The Morgan fingerprint density at radius 1 is 1.20 bits per heavy atom. The topological polar surface area (TPSA) is 70.8 Å². The third-order valence-electron chi connectivity index (χ3n) is 2.02. The molecule has 5 nitrogen and oxygen atoms in total. The third-order valence-corrected chi connectivity index (χ3v) is 2.02. The van der Waals surface area contributed by atoms with Crippen molar-refractivity contribution in [3.8, 4) is 5.75 Å². The molecule has 0 aromatic heterocycles. The molecule has 20 heavy (non-hydrogen) atoms. The van der Waals surface area contributed by atoms with E-state index in [2.05, 4.69) is 9.47 Å². The first-order valence-electron chi connectivity index (χ1n) is 5.66. The van der Waals surface area contributed by atoms with E-state index in [0.717, 1.165) is 0 Å². The molecule has 0 atom stereocenters. The number of esters is 1. The molecular weight excluding hydrogens is 279 g/mol. The Labute approximate surface area is 113 Å². The van der Waals surface area contributed by atoms with E-state index in [-0.39, 0.29) is 19.8 Å². The zero-order valence-electron chi connectivity index (χ0n) is 10.5. The summed E-state index contributed by atoms with van der Waals surface area (Å²) in [5.74, 6) is -0.387. The van der Waals surface area contributed by atoms with Crippen LogP contribution in [0.2, 0.25) is 0 Å². The second kappa shape index (κ2) is 7.59. The number of anilines is 1. The zero-order chi connectivity index (χ0) is 15.0. The number of nitrogen functional groups attached to an aromatic ring is 1. The fraction of sp³-hybridized carbons (Fsp3) is 0.417. The van der Waals surface area contributed by atoms with Crippen molar-refractivity contribution in [2.75, 3.05) is 32.2 Å². The van der Waals surface area contributed by atoms with Crippen LogP contribution in [0.15, 0.2) is 24.3 Å². The quantitative estimate of drug-likeness (QED) is 0.471. The van der Waals surface area contributed by atoms with Gasteiger partial charge in [0.15, 0.2) is 6.61 Å². The number of hydrogen-bond acceptors (Lipinski definition) is 5. The van der Waals surface area contributed by atoms with Crippen molar-refractivity contribution in [1.82, 2.24) is 0 Å². The highest BCUT2D eigenvalue weighted by atomic mass is 19.4. The number of rotatable bonds is 7. The molecule has 0 spiro atoms. The first-order chi connectivity index (χ1) is 9.38. The van der Waals surface area contributed by atoms with Gasteiger partial charge in [-0.2, -0.15) is 13.2 Å². The molecule has 0 saturated heterocycles. The van der Waals surface area contributed by atoms with Gasteiger partial charge in [-0.15, -0.1) is 0 Å². The number of benzene rings is 1. The molecule has 112 valence electrons. The molecule has 0 radical (unpaired) electrons. The van der Waals surface area contributed by atoms with Crippen LogP contribution in [-0.4, -0.2) is 38.6 Å². The number of nitrogens with two attached hydrogens (primary N) is 1. The number of hydrogen-bond donors (Lipinski definition) is 1. The normalized spacial score (nSPS) is 11.2. The van der Waals surface area contributed by atoms with Gasteiger partial charge in [0.25, 0.3) is 0 Å². The van der Waals surface area contributed by atoms with Crippen molar-refractivity contribution in [1.29, 1.82) is 0 Å². The molecule has 8 heteroatoms. The predicted octanol–water partition coefficient (Wildman–Crippen LogP) is 1.77. The Kier molecular flexibility index (Phi) is 6.10. The highest BCUT2D eigenvalue weighted by Gasteiger charge is 2.27. The number of ether oxygens (including phenoxy) is 3. The van der Waals surface area contributed by atoms with Crippen LogP contribution in [0.25, 0.3) is 0 Å². The largest absolute Gasteiger partial charge is 0.480 e. The average Bonchev–Trinajstić information content (AvgIpc) is 2.36. The minimum Gasteiger partial charge on any atom is -0.480 e. The third kappa shape index (κ3) is 6.83. The van der Waals surface area contributed by atoms with Crippen molar-refractivity contribution >= 4 is 11.7 Å². The highest BCUT2D eigenvalue weighted by molar-refractivity contribution is 5.71. The van der Waals surface area contributed by atoms with Crippen LogP contribution in [-0.2, 0) is 14.3 Å². The Bertz CT molecular complexity index is 437. The van der Waals surface area contributed by atoms with Crippen molar-refractivity contribution in [2.24, 2.45) is 0 Å². The van der Waals surface area contributed by atoms with Gasteiger partial charge in [0, 0.05) is 0 Å². The molecule has 2 N–H and O–H groups in total. The predicted molar refractivity (Wildman–Crippen MR) is 64.2 cm³/mol. The molecule has 1 rings (SSSR count). The Morgan fingerprint density at radius 2 is 1.90 bits per heavy atom. The van der Waals surface area contributed by atoms with E-state index in [1.807, 2.05) is 0 Å². The number of halogens is 3. The van der Waals surface area contributed by atoms with Gasteiger partial charge >= 0.3 is 12.1 Å². The Balaban J connectivity index is 2.14. The minimum atomic E-state index is -4.39. The van der Waals surface area contributed by atoms with Gasteiger partial charge in [-0.3, -0.25) is 0 Å². The summed E-state index contributed by atoms with van der Waals surface area (Å²) < 4.78 is 49.1. The molecule has 0 saturated carbocycles. The molecular formula is C12H14F3NO4. The fourth-order valence-corrected chi connectivity index (χ4v) is 1.19. The summed E-state index contributed by atoms with van der Waals surface area (Å²) in [4.78, 5) is 11.2. The second-order valence-electron chi connectivity index (χ2n) is 3.71. The summed E-state index contributed by atoms with van der Waals surface area (Å²) in [5.41, 5.74) is 5.95. The van der Waals surface area contributed by atoms with Crippen molar-refractivity contribution < 1.29 is 32.2 Å². The monoisotopic (exact) mass is 293 g/mol. The number of para-hydroxylation sites is 2. The Morgan fingerprint density at radius 3 is 2.55 bits per heavy atom. The van der Waals surface area contributed by atoms with Gasteiger partial charge in [0.2, 0.25) is 0 Å². The van der Waals surface area contributed by atoms with Crippen LogP contribution in [0.4, 0.5) is 18.9 Å². The summed E-state index contributed by atoms with van der Waals surface area (Å²) in [7, 11) is 0. The summed E-state index contributed by atoms with van der Waals surface area (Å²) in [6.45, 7) is -2.36. The molecule has 0 aliphatic carbocycles. The summed E-state index contributed by atoms with van der Waals surface area (Å²) in [6, 6.07) is 6.57. The molecule has 0 heterocycles. The van der Waals surface area contributed by atoms with Crippen molar-refractivity contribution in [2.45, 2.75) is 6.18 Å². The van der Waals surface area contributed by atoms with E-state index in [1.165, 1.54) is 0 Å². The standard InChI is InChI=1S/C12H14F3NO4/c13-12(14,15)8-18-5-6-19-11(17)7-20-10-4-2-1-3-9(10)16/h1-4H,5-8,16H2. The van der Waals surface area contributed by atoms with E-state index in [9.17, 15) is 18.0 Å². The van der Waals surface area contributed by atoms with Crippen LogP contribution < -0.4 is 10.5 Å². The Hall–Kier alpha value is -1.96. The van der Waals surface area contributed by atoms with Crippen molar-refractivity contribution in [3.63, 3.8) is 0 Å². The first kappa shape index (κ1) is 16.1. The van der Waals surface area contributed by atoms with Crippen LogP contribution in [0.5, 0.6) is 5.75 Å². The van der Waals surface area contributed by atoms with E-state index >= 15 is 0 Å². The van der Waals surface area contributed by atoms with Gasteiger partial charge < -0.3 is 19.9 Å². The zero-order valence-corrected chi connectivity index (χ0v) is 10.5. The molecule has 1 aromatic rings. The highest BCUT2D eigenvalue weighted by Crippen LogP contribution is 2.19. The van der Waals surface area contributed by atoms with Gasteiger partial charge in [0.1, 0.15) is 19.0 Å². The molecule has 0 amide bonds. The van der Waals surface area contributed by atoms with Gasteiger partial charge in [-0.05, 0) is 12.1 Å². The van der Waals surface area contributed by atoms with E-state index in [4.69, 9.17) is 10.5 Å². The lowest BCUT2D eigenvalue weighted by Crippen LogP contribution is -2.21. The van der Waals surface area contributed by atoms with Crippen LogP contribution in [0.1, 0.15) is 0 Å². The number of alkyl halides is 3.